The lowest BCUT2D eigenvalue weighted by atomic mass is 9.91. The Bertz CT molecular complexity index is 209. The van der Waals surface area contributed by atoms with Crippen molar-refractivity contribution in [2.45, 2.75) is 72.5 Å². The summed E-state index contributed by atoms with van der Waals surface area (Å²) in [6, 6.07) is 2.16. The van der Waals surface area contributed by atoms with Gasteiger partial charge in [0.15, 0.2) is 0 Å². The van der Waals surface area contributed by atoms with E-state index in [0.717, 1.165) is 30.5 Å². The van der Waals surface area contributed by atoms with Crippen LogP contribution in [0.4, 0.5) is 0 Å². The second kappa shape index (κ2) is 6.75. The van der Waals surface area contributed by atoms with E-state index in [1.54, 1.807) is 0 Å². The molecule has 1 aliphatic heterocycles. The molecule has 2 atom stereocenters. The van der Waals surface area contributed by atoms with Crippen LogP contribution in [0.1, 0.15) is 54.4 Å². The van der Waals surface area contributed by atoms with E-state index in [9.17, 15) is 0 Å². The molecule has 0 radical (unpaired) electrons. The van der Waals surface area contributed by atoms with Crippen LogP contribution >= 0.6 is 0 Å². The molecule has 17 heavy (non-hydrogen) atoms. The Morgan fingerprint density at radius 2 is 1.65 bits per heavy atom. The Morgan fingerprint density at radius 3 is 2.06 bits per heavy atom. The molecule has 0 aromatic carbocycles. The van der Waals surface area contributed by atoms with Gasteiger partial charge in [0.2, 0.25) is 0 Å². The third-order valence-corrected chi connectivity index (χ3v) is 4.41. The van der Waals surface area contributed by atoms with Gasteiger partial charge in [-0.15, -0.1) is 0 Å². The van der Waals surface area contributed by atoms with Crippen molar-refractivity contribution in [3.8, 4) is 0 Å². The zero-order chi connectivity index (χ0) is 13.0. The van der Waals surface area contributed by atoms with Gasteiger partial charge in [0.1, 0.15) is 0 Å². The summed E-state index contributed by atoms with van der Waals surface area (Å²) in [4.78, 5) is 2.78. The molecule has 0 bridgehead atoms. The van der Waals surface area contributed by atoms with Crippen LogP contribution in [0.2, 0.25) is 0 Å². The van der Waals surface area contributed by atoms with Gasteiger partial charge >= 0.3 is 0 Å². The van der Waals surface area contributed by atoms with Crippen molar-refractivity contribution in [2.24, 2.45) is 11.8 Å². The molecule has 1 saturated heterocycles. The lowest BCUT2D eigenvalue weighted by Gasteiger charge is -2.47. The van der Waals surface area contributed by atoms with Crippen LogP contribution in [0, 0.1) is 11.8 Å². The predicted molar refractivity (Wildman–Crippen MR) is 76.3 cm³/mol. The minimum atomic E-state index is 0.672. The van der Waals surface area contributed by atoms with E-state index in [2.05, 4.69) is 51.8 Å². The maximum Gasteiger partial charge on any atom is 0.0247 e. The molecular formula is C15H32N2. The van der Waals surface area contributed by atoms with Gasteiger partial charge in [-0.05, 0) is 24.7 Å². The molecule has 1 N–H and O–H groups in total. The van der Waals surface area contributed by atoms with Crippen molar-refractivity contribution in [1.82, 2.24) is 10.2 Å². The molecule has 2 unspecified atom stereocenters. The van der Waals surface area contributed by atoms with Gasteiger partial charge in [-0.25, -0.2) is 0 Å². The normalized spacial score (nSPS) is 27.4. The quantitative estimate of drug-likeness (QED) is 0.794. The van der Waals surface area contributed by atoms with Crippen LogP contribution in [0.25, 0.3) is 0 Å². The molecule has 0 aromatic heterocycles. The van der Waals surface area contributed by atoms with E-state index >= 15 is 0 Å². The number of nitrogens with zero attached hydrogens (tertiary/aromatic N) is 1. The Labute approximate surface area is 108 Å². The molecule has 1 rings (SSSR count). The number of nitrogens with one attached hydrogen (secondary N) is 1. The van der Waals surface area contributed by atoms with Gasteiger partial charge in [0.25, 0.3) is 0 Å². The zero-order valence-electron chi connectivity index (χ0n) is 12.7. The average Bonchev–Trinajstić information content (AvgIpc) is 2.30. The van der Waals surface area contributed by atoms with Gasteiger partial charge in [-0.1, -0.05) is 41.5 Å². The molecule has 0 saturated carbocycles. The minimum absolute atomic E-state index is 0.672. The van der Waals surface area contributed by atoms with Crippen LogP contribution in [0.3, 0.4) is 0 Å². The zero-order valence-corrected chi connectivity index (χ0v) is 12.7. The first-order valence-electron chi connectivity index (χ1n) is 7.50. The van der Waals surface area contributed by atoms with Gasteiger partial charge in [-0.3, -0.25) is 4.90 Å². The van der Waals surface area contributed by atoms with Crippen LogP contribution in [-0.4, -0.2) is 36.1 Å². The van der Waals surface area contributed by atoms with E-state index in [0.29, 0.717) is 6.04 Å². The fraction of sp³-hybridized carbons (Fsp3) is 1.00. The largest absolute Gasteiger partial charge is 0.311 e. The lowest BCUT2D eigenvalue weighted by molar-refractivity contribution is 0.0420. The number of hydrogen-bond donors (Lipinski definition) is 1. The predicted octanol–water partition coefficient (Wildman–Crippen LogP) is 3.13. The monoisotopic (exact) mass is 240 g/mol. The Morgan fingerprint density at radius 1 is 1.06 bits per heavy atom. The molecule has 102 valence electrons. The first-order valence-corrected chi connectivity index (χ1v) is 7.50. The van der Waals surface area contributed by atoms with Crippen molar-refractivity contribution < 1.29 is 0 Å². The first kappa shape index (κ1) is 15.0. The molecule has 1 fully saturated rings. The van der Waals surface area contributed by atoms with Crippen molar-refractivity contribution in [3.63, 3.8) is 0 Å². The Balaban J connectivity index is 2.75. The maximum absolute atomic E-state index is 3.74. The molecular weight excluding hydrogens is 208 g/mol. The highest BCUT2D eigenvalue weighted by atomic mass is 15.3. The first-order chi connectivity index (χ1) is 8.01. The molecule has 0 aromatic rings. The van der Waals surface area contributed by atoms with Gasteiger partial charge in [0, 0.05) is 31.2 Å². The molecule has 0 aliphatic carbocycles. The van der Waals surface area contributed by atoms with E-state index < -0.39 is 0 Å². The summed E-state index contributed by atoms with van der Waals surface area (Å²) >= 11 is 0. The summed E-state index contributed by atoms with van der Waals surface area (Å²) in [5, 5.41) is 3.74. The second-order valence-corrected chi connectivity index (χ2v) is 6.24. The van der Waals surface area contributed by atoms with E-state index in [1.165, 1.54) is 19.4 Å². The topological polar surface area (TPSA) is 15.3 Å². The third-order valence-electron chi connectivity index (χ3n) is 4.41. The smallest absolute Gasteiger partial charge is 0.0247 e. The molecule has 1 heterocycles. The fourth-order valence-corrected chi connectivity index (χ4v) is 3.06. The van der Waals surface area contributed by atoms with Crippen LogP contribution in [-0.2, 0) is 0 Å². The molecule has 0 amide bonds. The summed E-state index contributed by atoms with van der Waals surface area (Å²) < 4.78 is 0. The molecule has 2 heteroatoms. The van der Waals surface area contributed by atoms with Crippen molar-refractivity contribution in [2.75, 3.05) is 13.1 Å². The number of rotatable bonds is 5. The maximum atomic E-state index is 3.74. The van der Waals surface area contributed by atoms with Gasteiger partial charge < -0.3 is 5.32 Å². The van der Waals surface area contributed by atoms with E-state index in [1.807, 2.05) is 0 Å². The highest BCUT2D eigenvalue weighted by molar-refractivity contribution is 4.91. The molecule has 2 nitrogen and oxygen atoms in total. The SMILES string of the molecule is CCC(CC)N1CC(C(C)C)NCC1C(C)C. The fourth-order valence-electron chi connectivity index (χ4n) is 3.06. The van der Waals surface area contributed by atoms with Crippen LogP contribution in [0.5, 0.6) is 0 Å². The number of hydrogen-bond acceptors (Lipinski definition) is 2. The highest BCUT2D eigenvalue weighted by Crippen LogP contribution is 2.23. The van der Waals surface area contributed by atoms with Crippen molar-refractivity contribution in [1.29, 1.82) is 0 Å². The second-order valence-electron chi connectivity index (χ2n) is 6.24. The van der Waals surface area contributed by atoms with E-state index in [4.69, 9.17) is 0 Å². The molecule has 0 spiro atoms. The highest BCUT2D eigenvalue weighted by Gasteiger charge is 2.33. The summed E-state index contributed by atoms with van der Waals surface area (Å²) in [5.41, 5.74) is 0. The Hall–Kier alpha value is -0.0800. The van der Waals surface area contributed by atoms with Crippen molar-refractivity contribution >= 4 is 0 Å². The van der Waals surface area contributed by atoms with Crippen molar-refractivity contribution in [3.05, 3.63) is 0 Å². The Kier molecular flexibility index (Phi) is 5.94. The van der Waals surface area contributed by atoms with Gasteiger partial charge in [0.05, 0.1) is 0 Å². The third kappa shape index (κ3) is 3.69. The summed E-state index contributed by atoms with van der Waals surface area (Å²) in [5.74, 6) is 1.48. The number of piperazine rings is 1. The summed E-state index contributed by atoms with van der Waals surface area (Å²) in [6.45, 7) is 16.4. The standard InChI is InChI=1S/C15H32N2/c1-7-13(8-2)17-10-14(11(3)4)16-9-15(17)12(5)6/h11-16H,7-10H2,1-6H3. The van der Waals surface area contributed by atoms with E-state index in [-0.39, 0.29) is 0 Å². The average molecular weight is 240 g/mol. The van der Waals surface area contributed by atoms with Gasteiger partial charge in [-0.2, -0.15) is 0 Å². The summed E-state index contributed by atoms with van der Waals surface area (Å²) in [7, 11) is 0. The van der Waals surface area contributed by atoms with Crippen LogP contribution < -0.4 is 5.32 Å². The minimum Gasteiger partial charge on any atom is -0.311 e. The van der Waals surface area contributed by atoms with Crippen LogP contribution in [0.15, 0.2) is 0 Å². The molecule has 1 aliphatic rings. The summed E-state index contributed by atoms with van der Waals surface area (Å²) in [6.07, 6.45) is 2.56. The lowest BCUT2D eigenvalue weighted by Crippen LogP contribution is -2.62.